The van der Waals surface area contributed by atoms with Crippen molar-refractivity contribution in [1.29, 1.82) is 0 Å². The second kappa shape index (κ2) is 46.9. The summed E-state index contributed by atoms with van der Waals surface area (Å²) < 4.78 is 39.6. The van der Waals surface area contributed by atoms with Crippen LogP contribution in [0.5, 0.6) is 23.0 Å². The van der Waals surface area contributed by atoms with Gasteiger partial charge < -0.3 is 38.6 Å². The zero-order valence-electron chi connectivity index (χ0n) is 53.9. The maximum atomic E-state index is 13.6. The number of benzene rings is 3. The molecule has 0 radical (unpaired) electrons. The van der Waals surface area contributed by atoms with E-state index in [-0.39, 0.29) is 37.2 Å². The van der Waals surface area contributed by atoms with E-state index in [1.165, 1.54) is 180 Å². The number of ether oxygens (including phenoxy) is 6. The van der Waals surface area contributed by atoms with Crippen molar-refractivity contribution in [3.05, 3.63) is 82.4 Å². The number of rotatable bonds is 55. The average molecular weight is 1170 g/mol. The molecule has 0 atom stereocenters. The van der Waals surface area contributed by atoms with Crippen molar-refractivity contribution in [2.24, 2.45) is 5.41 Å². The third-order valence-corrected chi connectivity index (χ3v) is 17.1. The fraction of sp³-hybridized carbons (Fsp3) is 0.730. The largest absolute Gasteiger partial charge is 0.493 e. The molecule has 476 valence electrons. The molecule has 1 heterocycles. The van der Waals surface area contributed by atoms with Crippen LogP contribution in [0.2, 0.25) is 0 Å². The summed E-state index contributed by atoms with van der Waals surface area (Å²) in [6.45, 7) is 11.2. The summed E-state index contributed by atoms with van der Waals surface area (Å²) in [7, 11) is 0. The van der Waals surface area contributed by atoms with E-state index in [0.717, 1.165) is 82.6 Å². The molecule has 84 heavy (non-hydrogen) atoms. The normalized spacial score (nSPS) is 13.3. The highest BCUT2D eigenvalue weighted by Gasteiger charge is 2.42. The highest BCUT2D eigenvalue weighted by atomic mass is 16.7. The molecule has 4 rings (SSSR count). The Morgan fingerprint density at radius 1 is 0.393 bits per heavy atom. The lowest BCUT2D eigenvalue weighted by Crippen LogP contribution is -2.43. The first-order valence-corrected chi connectivity index (χ1v) is 34.8. The molecule has 1 aliphatic rings. The molecule has 10 heteroatoms. The number of carboxylic acids is 2. The Kier molecular flexibility index (Phi) is 40.3. The zero-order valence-corrected chi connectivity index (χ0v) is 53.9. The van der Waals surface area contributed by atoms with E-state index >= 15 is 0 Å². The molecule has 0 aliphatic carbocycles. The number of carbonyl (C=O) groups is 2. The lowest BCUT2D eigenvalue weighted by atomic mass is 9.75. The van der Waals surface area contributed by atoms with Gasteiger partial charge in [0.05, 0.1) is 50.8 Å². The highest BCUT2D eigenvalue weighted by Crippen LogP contribution is 2.44. The van der Waals surface area contributed by atoms with Crippen molar-refractivity contribution in [3.8, 4) is 23.0 Å². The number of aromatic carboxylic acids is 2. The monoisotopic (exact) mass is 1170 g/mol. The molecule has 0 spiro atoms. The third kappa shape index (κ3) is 30.9. The topological polar surface area (TPSA) is 130 Å². The maximum absolute atomic E-state index is 13.6. The Balaban J connectivity index is 1.64. The minimum absolute atomic E-state index is 0.102. The van der Waals surface area contributed by atoms with Crippen molar-refractivity contribution in [1.82, 2.24) is 0 Å². The quantitative estimate of drug-likeness (QED) is 0.0527. The van der Waals surface area contributed by atoms with Gasteiger partial charge in [0.2, 0.25) is 0 Å². The maximum Gasteiger partial charge on any atom is 0.336 e. The van der Waals surface area contributed by atoms with E-state index in [1.54, 1.807) is 12.1 Å². The van der Waals surface area contributed by atoms with Gasteiger partial charge in [-0.25, -0.2) is 9.59 Å². The molecule has 0 aromatic heterocycles. The Morgan fingerprint density at radius 2 is 0.667 bits per heavy atom. The van der Waals surface area contributed by atoms with E-state index in [9.17, 15) is 19.8 Å². The summed E-state index contributed by atoms with van der Waals surface area (Å²) in [4.78, 5) is 27.3. The van der Waals surface area contributed by atoms with E-state index in [1.807, 2.05) is 42.5 Å². The molecule has 10 nitrogen and oxygen atoms in total. The Bertz CT molecular complexity index is 1990. The van der Waals surface area contributed by atoms with E-state index in [4.69, 9.17) is 28.4 Å². The van der Waals surface area contributed by atoms with Gasteiger partial charge in [-0.05, 0) is 50.7 Å². The molecule has 2 N–H and O–H groups in total. The summed E-state index contributed by atoms with van der Waals surface area (Å²) >= 11 is 0. The van der Waals surface area contributed by atoms with Gasteiger partial charge in [-0.1, -0.05) is 289 Å². The second-order valence-corrected chi connectivity index (χ2v) is 24.8. The van der Waals surface area contributed by atoms with Crippen molar-refractivity contribution in [3.63, 3.8) is 0 Å². The van der Waals surface area contributed by atoms with Crippen LogP contribution in [0.15, 0.2) is 54.6 Å². The molecule has 3 aromatic carbocycles. The van der Waals surface area contributed by atoms with Gasteiger partial charge >= 0.3 is 11.9 Å². The number of hydrogen-bond acceptors (Lipinski definition) is 8. The van der Waals surface area contributed by atoms with Gasteiger partial charge in [-0.2, -0.15) is 0 Å². The lowest BCUT2D eigenvalue weighted by molar-refractivity contribution is -0.234. The minimum atomic E-state index is -1.08. The van der Waals surface area contributed by atoms with Gasteiger partial charge in [-0.15, -0.1) is 0 Å². The van der Waals surface area contributed by atoms with Crippen LogP contribution in [0.4, 0.5) is 0 Å². The number of unbranched alkanes of at least 4 members (excludes halogenated alkanes) is 36. The number of hydrogen-bond donors (Lipinski definition) is 2. The van der Waals surface area contributed by atoms with Crippen LogP contribution < -0.4 is 18.9 Å². The van der Waals surface area contributed by atoms with Crippen LogP contribution in [0, 0.1) is 5.41 Å². The molecule has 1 aliphatic heterocycles. The number of carboxylic acid groups (broad SMARTS) is 2. The molecule has 0 bridgehead atoms. The predicted octanol–water partition coefficient (Wildman–Crippen LogP) is 21.8. The molecular weight excluding hydrogens is 1050 g/mol. The molecule has 0 unspecified atom stereocenters. The fourth-order valence-electron chi connectivity index (χ4n) is 11.9. The van der Waals surface area contributed by atoms with Gasteiger partial charge in [0.1, 0.15) is 23.0 Å². The second-order valence-electron chi connectivity index (χ2n) is 24.8. The first-order valence-electron chi connectivity index (χ1n) is 34.8. The van der Waals surface area contributed by atoms with Gasteiger partial charge in [0, 0.05) is 34.2 Å². The van der Waals surface area contributed by atoms with Crippen LogP contribution >= 0.6 is 0 Å². The van der Waals surface area contributed by atoms with Crippen LogP contribution in [-0.4, -0.2) is 61.8 Å². The zero-order chi connectivity index (χ0) is 60.0. The van der Waals surface area contributed by atoms with Crippen LogP contribution in [0.25, 0.3) is 0 Å². The van der Waals surface area contributed by atoms with Gasteiger partial charge in [-0.3, -0.25) is 0 Å². The Morgan fingerprint density at radius 3 is 0.952 bits per heavy atom. The van der Waals surface area contributed by atoms with Gasteiger partial charge in [0.25, 0.3) is 0 Å². The summed E-state index contributed by atoms with van der Waals surface area (Å²) in [5.41, 5.74) is 1.17. The molecule has 3 aromatic rings. The third-order valence-electron chi connectivity index (χ3n) is 17.1. The molecular formula is C74H120O10. The smallest absolute Gasteiger partial charge is 0.336 e. The molecule has 1 saturated heterocycles. The van der Waals surface area contributed by atoms with Crippen molar-refractivity contribution in [2.75, 3.05) is 39.6 Å². The average Bonchev–Trinajstić information content (AvgIpc) is 2.86. The molecule has 1 fully saturated rings. The van der Waals surface area contributed by atoms with Crippen molar-refractivity contribution in [2.45, 2.75) is 304 Å². The SMILES string of the molecule is CCCCCCCCCCCCOc1cc(OCCCCCCCCCCCC)c(CC2(Cc3c(OCCCCCCCCCCCC)cc(OCCCCCCCCCCCC)cc3C(=O)O)COC(c3ccccc3)OC2)c(C(=O)O)c1. The fourth-order valence-corrected chi connectivity index (χ4v) is 11.9. The predicted molar refractivity (Wildman–Crippen MR) is 347 cm³/mol. The Hall–Kier alpha value is -4.28. The summed E-state index contributed by atoms with van der Waals surface area (Å²) in [6.07, 6.45) is 47.7. The molecule has 0 amide bonds. The van der Waals surface area contributed by atoms with Crippen LogP contribution in [0.3, 0.4) is 0 Å². The van der Waals surface area contributed by atoms with Crippen LogP contribution in [0.1, 0.15) is 328 Å². The summed E-state index contributed by atoms with van der Waals surface area (Å²) in [5.74, 6) is -0.264. The van der Waals surface area contributed by atoms with Crippen LogP contribution in [-0.2, 0) is 22.3 Å². The van der Waals surface area contributed by atoms with E-state index < -0.39 is 23.6 Å². The van der Waals surface area contributed by atoms with Gasteiger partial charge in [0.15, 0.2) is 6.29 Å². The lowest BCUT2D eigenvalue weighted by Gasteiger charge is -2.41. The minimum Gasteiger partial charge on any atom is -0.493 e. The first-order chi connectivity index (χ1) is 41.2. The highest BCUT2D eigenvalue weighted by molar-refractivity contribution is 5.92. The van der Waals surface area contributed by atoms with E-state index in [2.05, 4.69) is 27.7 Å². The standard InChI is InChI=1S/C74H120O10/c1-5-9-13-17-21-25-29-33-37-44-50-79-63-54-65(71(75)76)67(69(56-63)81-52-46-39-35-31-27-23-19-15-11-7-3)58-74(60-83-73(84-61-74)62-48-42-41-43-49-62)59-68-66(72(77)78)55-64(80-51-45-38-34-30-26-22-18-14-10-6-2)57-70(68)82-53-47-40-36-32-28-24-20-16-12-8-4/h41-43,48-49,54-57,73H,5-40,44-47,50-53,58-61H2,1-4H3,(H,75,76)(H,77,78). The molecule has 0 saturated carbocycles. The first kappa shape index (κ1) is 72.2. The Labute approximate surface area is 512 Å². The summed E-state index contributed by atoms with van der Waals surface area (Å²) in [5, 5.41) is 22.3. The van der Waals surface area contributed by atoms with Crippen molar-refractivity contribution >= 4 is 11.9 Å². The van der Waals surface area contributed by atoms with Crippen molar-refractivity contribution < 1.29 is 48.2 Å². The van der Waals surface area contributed by atoms with E-state index in [0.29, 0.717) is 60.6 Å². The summed E-state index contributed by atoms with van der Waals surface area (Å²) in [6, 6.07) is 16.9.